The summed E-state index contributed by atoms with van der Waals surface area (Å²) in [4.78, 5) is 35.4. The Balaban J connectivity index is 1.42. The van der Waals surface area contributed by atoms with E-state index >= 15 is 0 Å². The van der Waals surface area contributed by atoms with Gasteiger partial charge in [0.05, 0.1) is 12.6 Å². The molecule has 9 nitrogen and oxygen atoms in total. The number of benzene rings is 1. The van der Waals surface area contributed by atoms with Gasteiger partial charge in [-0.15, -0.1) is 0 Å². The van der Waals surface area contributed by atoms with Gasteiger partial charge in [-0.05, 0) is 36.5 Å². The average Bonchev–Trinajstić information content (AvgIpc) is 3.41. The molecule has 4 heterocycles. The van der Waals surface area contributed by atoms with E-state index in [0.29, 0.717) is 34.7 Å². The van der Waals surface area contributed by atoms with Crippen LogP contribution in [0.4, 0.5) is 11.9 Å². The van der Waals surface area contributed by atoms with E-state index in [0.717, 1.165) is 32.4 Å². The van der Waals surface area contributed by atoms with Crippen molar-refractivity contribution in [3.05, 3.63) is 52.7 Å². The Kier molecular flexibility index (Phi) is 4.02. The summed E-state index contributed by atoms with van der Waals surface area (Å²) in [6.45, 7) is 1.58. The van der Waals surface area contributed by atoms with Crippen LogP contribution in [0, 0.1) is 0 Å². The van der Waals surface area contributed by atoms with Gasteiger partial charge in [-0.3, -0.25) is 14.9 Å². The predicted octanol–water partition coefficient (Wildman–Crippen LogP) is 1.69. The van der Waals surface area contributed by atoms with Crippen LogP contribution in [0.25, 0.3) is 11.7 Å². The Morgan fingerprint density at radius 1 is 1.13 bits per heavy atom. The number of hydrogen-bond donors (Lipinski definition) is 2. The van der Waals surface area contributed by atoms with E-state index in [1.54, 1.807) is 16.8 Å². The van der Waals surface area contributed by atoms with Crippen molar-refractivity contribution in [1.29, 1.82) is 0 Å². The van der Waals surface area contributed by atoms with Gasteiger partial charge in [-0.2, -0.15) is 19.6 Å². The standard InChI is InChI=1S/C22H21N7O2/c30-18-10-15(20(31)25-18)9-16-11-23-29-19(16)26-21(27-22(29)24-17-5-6-17)28-8-7-13-3-1-2-4-14(13)12-28/h1-4,9,11,17H,5-8,10,12H2,(H,24,26,27)(H,25,30,31)/b15-9+. The van der Waals surface area contributed by atoms with Gasteiger partial charge >= 0.3 is 0 Å². The van der Waals surface area contributed by atoms with Crippen molar-refractivity contribution in [3.8, 4) is 0 Å². The van der Waals surface area contributed by atoms with Gasteiger partial charge in [0.25, 0.3) is 5.91 Å². The fourth-order valence-electron chi connectivity index (χ4n) is 4.11. The zero-order chi connectivity index (χ0) is 20.9. The van der Waals surface area contributed by atoms with Crippen LogP contribution in [-0.2, 0) is 22.6 Å². The summed E-state index contributed by atoms with van der Waals surface area (Å²) in [5.41, 5.74) is 4.38. The molecule has 2 N–H and O–H groups in total. The summed E-state index contributed by atoms with van der Waals surface area (Å²) in [5, 5.41) is 10.2. The molecule has 1 saturated carbocycles. The topological polar surface area (TPSA) is 105 Å². The lowest BCUT2D eigenvalue weighted by Gasteiger charge is -2.29. The molecule has 0 spiro atoms. The van der Waals surface area contributed by atoms with Gasteiger partial charge in [0.2, 0.25) is 17.8 Å². The summed E-state index contributed by atoms with van der Waals surface area (Å²) < 4.78 is 1.68. The molecule has 0 unspecified atom stereocenters. The molecule has 6 rings (SSSR count). The minimum atomic E-state index is -0.359. The average molecular weight is 415 g/mol. The lowest BCUT2D eigenvalue weighted by atomic mass is 10.0. The zero-order valence-electron chi connectivity index (χ0n) is 16.8. The van der Waals surface area contributed by atoms with Crippen LogP contribution in [0.3, 0.4) is 0 Å². The summed E-state index contributed by atoms with van der Waals surface area (Å²) in [6, 6.07) is 8.85. The first kappa shape index (κ1) is 18.1. The van der Waals surface area contributed by atoms with E-state index in [-0.39, 0.29) is 18.2 Å². The molecule has 0 radical (unpaired) electrons. The minimum absolute atomic E-state index is 0.0736. The molecule has 2 fully saturated rings. The van der Waals surface area contributed by atoms with E-state index in [9.17, 15) is 9.59 Å². The van der Waals surface area contributed by atoms with E-state index in [2.05, 4.69) is 44.9 Å². The predicted molar refractivity (Wildman–Crippen MR) is 114 cm³/mol. The zero-order valence-corrected chi connectivity index (χ0v) is 16.8. The normalized spacial score (nSPS) is 19.7. The molecule has 3 aromatic rings. The second-order valence-corrected chi connectivity index (χ2v) is 8.27. The summed E-state index contributed by atoms with van der Waals surface area (Å²) in [5.74, 6) is 0.643. The number of rotatable bonds is 4. The number of nitrogens with one attached hydrogen (secondary N) is 2. The number of fused-ring (bicyclic) bond motifs is 2. The van der Waals surface area contributed by atoms with E-state index in [1.807, 2.05) is 0 Å². The molecule has 1 aromatic carbocycles. The van der Waals surface area contributed by atoms with E-state index in [1.165, 1.54) is 11.1 Å². The number of nitrogens with zero attached hydrogens (tertiary/aromatic N) is 5. The van der Waals surface area contributed by atoms with E-state index in [4.69, 9.17) is 9.97 Å². The number of amides is 2. The van der Waals surface area contributed by atoms with Crippen LogP contribution in [0.1, 0.15) is 36.0 Å². The first-order valence-electron chi connectivity index (χ1n) is 10.5. The maximum atomic E-state index is 12.0. The van der Waals surface area contributed by atoms with Crippen LogP contribution < -0.4 is 15.5 Å². The lowest BCUT2D eigenvalue weighted by Crippen LogP contribution is -2.32. The lowest BCUT2D eigenvalue weighted by molar-refractivity contribution is -0.124. The van der Waals surface area contributed by atoms with Crippen molar-refractivity contribution in [3.63, 3.8) is 0 Å². The molecule has 0 atom stereocenters. The molecule has 3 aliphatic rings. The monoisotopic (exact) mass is 415 g/mol. The number of imide groups is 1. The van der Waals surface area contributed by atoms with Gasteiger partial charge in [0.15, 0.2) is 5.65 Å². The van der Waals surface area contributed by atoms with Gasteiger partial charge < -0.3 is 10.2 Å². The highest BCUT2D eigenvalue weighted by Crippen LogP contribution is 2.28. The fraction of sp³-hybridized carbons (Fsp3) is 0.318. The van der Waals surface area contributed by atoms with E-state index < -0.39 is 0 Å². The van der Waals surface area contributed by atoms with Crippen molar-refractivity contribution in [2.45, 2.75) is 38.3 Å². The molecule has 0 bridgehead atoms. The Morgan fingerprint density at radius 3 is 2.74 bits per heavy atom. The molecule has 156 valence electrons. The number of carbonyl (C=O) groups excluding carboxylic acids is 2. The Labute approximate surface area is 178 Å². The van der Waals surface area contributed by atoms with Crippen molar-refractivity contribution < 1.29 is 9.59 Å². The highest BCUT2D eigenvalue weighted by atomic mass is 16.2. The smallest absolute Gasteiger partial charge is 0.254 e. The molecular formula is C22H21N7O2. The molecule has 2 aromatic heterocycles. The largest absolute Gasteiger partial charge is 0.351 e. The van der Waals surface area contributed by atoms with Crippen LogP contribution in [0.5, 0.6) is 0 Å². The maximum Gasteiger partial charge on any atom is 0.254 e. The SMILES string of the molecule is O=C1C/C(=C\c2cnn3c(NC4CC4)nc(N4CCc5ccccc5C4)nc23)C(=O)N1. The second-order valence-electron chi connectivity index (χ2n) is 8.27. The van der Waals surface area contributed by atoms with Crippen molar-refractivity contribution in [1.82, 2.24) is 24.9 Å². The third-order valence-electron chi connectivity index (χ3n) is 5.93. The van der Waals surface area contributed by atoms with Crippen molar-refractivity contribution in [2.75, 3.05) is 16.8 Å². The Bertz CT molecular complexity index is 1260. The first-order valence-corrected chi connectivity index (χ1v) is 10.5. The molecule has 31 heavy (non-hydrogen) atoms. The fourth-order valence-corrected chi connectivity index (χ4v) is 4.11. The third-order valence-corrected chi connectivity index (χ3v) is 5.93. The maximum absolute atomic E-state index is 12.0. The first-order chi connectivity index (χ1) is 15.1. The van der Waals surface area contributed by atoms with Crippen LogP contribution >= 0.6 is 0 Å². The third kappa shape index (κ3) is 3.31. The molecule has 9 heteroatoms. The Hall–Kier alpha value is -3.75. The highest BCUT2D eigenvalue weighted by Gasteiger charge is 2.27. The highest BCUT2D eigenvalue weighted by molar-refractivity contribution is 6.15. The summed E-state index contributed by atoms with van der Waals surface area (Å²) in [7, 11) is 0. The molecule has 2 amide bonds. The molecule has 1 aliphatic carbocycles. The minimum Gasteiger partial charge on any atom is -0.351 e. The summed E-state index contributed by atoms with van der Waals surface area (Å²) in [6.07, 6.45) is 6.60. The molecule has 2 aliphatic heterocycles. The van der Waals surface area contributed by atoms with Crippen molar-refractivity contribution >= 4 is 35.4 Å². The Morgan fingerprint density at radius 2 is 1.97 bits per heavy atom. The second kappa shape index (κ2) is 6.90. The number of hydrogen-bond acceptors (Lipinski definition) is 7. The van der Waals surface area contributed by atoms with Gasteiger partial charge in [-0.1, -0.05) is 24.3 Å². The summed E-state index contributed by atoms with van der Waals surface area (Å²) >= 11 is 0. The number of carbonyl (C=O) groups is 2. The van der Waals surface area contributed by atoms with Crippen molar-refractivity contribution in [2.24, 2.45) is 0 Å². The van der Waals surface area contributed by atoms with Crippen LogP contribution in [0.15, 0.2) is 36.0 Å². The van der Waals surface area contributed by atoms with Crippen LogP contribution in [-0.4, -0.2) is 44.0 Å². The molecule has 1 saturated heterocycles. The number of anilines is 2. The molecular weight excluding hydrogens is 394 g/mol. The van der Waals surface area contributed by atoms with Gasteiger partial charge in [0.1, 0.15) is 0 Å². The number of aromatic nitrogens is 4. The van der Waals surface area contributed by atoms with Crippen LogP contribution in [0.2, 0.25) is 0 Å². The quantitative estimate of drug-likeness (QED) is 0.494. The van der Waals surface area contributed by atoms with Gasteiger partial charge in [0, 0.05) is 30.3 Å². The van der Waals surface area contributed by atoms with Gasteiger partial charge in [-0.25, -0.2) is 0 Å².